The van der Waals surface area contributed by atoms with Crippen molar-refractivity contribution in [2.24, 2.45) is 0 Å². The normalized spacial score (nSPS) is 12.3. The van der Waals surface area contributed by atoms with Gasteiger partial charge in [-0.2, -0.15) is 12.6 Å². The predicted molar refractivity (Wildman–Crippen MR) is 123 cm³/mol. The van der Waals surface area contributed by atoms with Gasteiger partial charge in [0.05, 0.1) is 6.10 Å². The summed E-state index contributed by atoms with van der Waals surface area (Å²) in [4.78, 5) is 11.8. The lowest BCUT2D eigenvalue weighted by Gasteiger charge is -2.12. The molecular formula is C24H48O2S. The van der Waals surface area contributed by atoms with Crippen molar-refractivity contribution < 1.29 is 9.53 Å². The first kappa shape index (κ1) is 26.8. The van der Waals surface area contributed by atoms with Gasteiger partial charge >= 0.3 is 5.97 Å². The van der Waals surface area contributed by atoms with Gasteiger partial charge in [-0.15, -0.1) is 0 Å². The Labute approximate surface area is 176 Å². The molecule has 0 fully saturated rings. The van der Waals surface area contributed by atoms with Gasteiger partial charge in [-0.1, -0.05) is 96.8 Å². The average molecular weight is 401 g/mol. The van der Waals surface area contributed by atoms with Crippen LogP contribution in [0.2, 0.25) is 0 Å². The van der Waals surface area contributed by atoms with E-state index in [0.717, 1.165) is 31.4 Å². The van der Waals surface area contributed by atoms with Gasteiger partial charge in [0.2, 0.25) is 0 Å². The van der Waals surface area contributed by atoms with Crippen LogP contribution in [0, 0.1) is 0 Å². The fraction of sp³-hybridized carbons (Fsp3) is 0.958. The molecule has 27 heavy (non-hydrogen) atoms. The van der Waals surface area contributed by atoms with Crippen LogP contribution in [-0.4, -0.2) is 17.8 Å². The third kappa shape index (κ3) is 22.0. The molecule has 0 rings (SSSR count). The largest absolute Gasteiger partial charge is 0.463 e. The molecule has 0 aromatic carbocycles. The Morgan fingerprint density at radius 3 is 1.59 bits per heavy atom. The van der Waals surface area contributed by atoms with Crippen LogP contribution in [0.25, 0.3) is 0 Å². The minimum absolute atomic E-state index is 0.0110. The molecule has 0 heterocycles. The van der Waals surface area contributed by atoms with Gasteiger partial charge in [0.25, 0.3) is 0 Å². The van der Waals surface area contributed by atoms with E-state index in [2.05, 4.69) is 19.6 Å². The molecule has 1 unspecified atom stereocenters. The van der Waals surface area contributed by atoms with E-state index in [4.69, 9.17) is 4.74 Å². The van der Waals surface area contributed by atoms with E-state index in [9.17, 15) is 4.79 Å². The van der Waals surface area contributed by atoms with Gasteiger partial charge < -0.3 is 4.74 Å². The van der Waals surface area contributed by atoms with Crippen molar-refractivity contribution in [2.45, 2.75) is 142 Å². The summed E-state index contributed by atoms with van der Waals surface area (Å²) < 4.78 is 5.45. The van der Waals surface area contributed by atoms with Gasteiger partial charge in [-0.3, -0.25) is 4.79 Å². The number of hydrogen-bond acceptors (Lipinski definition) is 3. The molecular weight excluding hydrogens is 352 g/mol. The lowest BCUT2D eigenvalue weighted by atomic mass is 10.0. The molecule has 0 saturated heterocycles. The Morgan fingerprint density at radius 1 is 0.704 bits per heavy atom. The van der Waals surface area contributed by atoms with Gasteiger partial charge in [-0.25, -0.2) is 0 Å². The van der Waals surface area contributed by atoms with Crippen LogP contribution in [0.3, 0.4) is 0 Å². The molecule has 0 aromatic heterocycles. The van der Waals surface area contributed by atoms with Crippen LogP contribution in [0.1, 0.15) is 136 Å². The lowest BCUT2D eigenvalue weighted by Crippen LogP contribution is -2.14. The summed E-state index contributed by atoms with van der Waals surface area (Å²) in [5, 5.41) is 0. The van der Waals surface area contributed by atoms with Crippen molar-refractivity contribution >= 4 is 18.6 Å². The van der Waals surface area contributed by atoms with Gasteiger partial charge in [0, 0.05) is 6.42 Å². The third-order valence-corrected chi connectivity index (χ3v) is 5.65. The van der Waals surface area contributed by atoms with E-state index in [1.807, 2.05) is 6.92 Å². The Bertz CT molecular complexity index is 307. The number of thiol groups is 1. The Morgan fingerprint density at radius 2 is 1.15 bits per heavy atom. The Kier molecular flexibility index (Phi) is 22.0. The van der Waals surface area contributed by atoms with Crippen molar-refractivity contribution in [2.75, 3.05) is 5.75 Å². The Balaban J connectivity index is 3.20. The maximum atomic E-state index is 11.8. The first-order chi connectivity index (χ1) is 13.2. The highest BCUT2D eigenvalue weighted by atomic mass is 32.1. The number of hydrogen-bond donors (Lipinski definition) is 1. The molecule has 0 N–H and O–H groups in total. The maximum Gasteiger partial charge on any atom is 0.306 e. The summed E-state index contributed by atoms with van der Waals surface area (Å²) in [7, 11) is 0. The lowest BCUT2D eigenvalue weighted by molar-refractivity contribution is -0.148. The topological polar surface area (TPSA) is 26.3 Å². The number of rotatable bonds is 21. The molecule has 0 amide bonds. The molecule has 0 radical (unpaired) electrons. The summed E-state index contributed by atoms with van der Waals surface area (Å²) in [5.41, 5.74) is 0. The van der Waals surface area contributed by atoms with Crippen LogP contribution < -0.4 is 0 Å². The van der Waals surface area contributed by atoms with Crippen LogP contribution >= 0.6 is 12.6 Å². The van der Waals surface area contributed by atoms with E-state index >= 15 is 0 Å². The van der Waals surface area contributed by atoms with Crippen LogP contribution in [0.4, 0.5) is 0 Å². The van der Waals surface area contributed by atoms with Gasteiger partial charge in [0.15, 0.2) is 0 Å². The molecule has 2 nitrogen and oxygen atoms in total. The van der Waals surface area contributed by atoms with E-state index in [1.54, 1.807) is 0 Å². The van der Waals surface area contributed by atoms with Gasteiger partial charge in [0.1, 0.15) is 0 Å². The first-order valence-electron chi connectivity index (χ1n) is 12.0. The predicted octanol–water partition coefficient (Wildman–Crippen LogP) is 8.28. The molecule has 3 heteroatoms. The van der Waals surface area contributed by atoms with Crippen LogP contribution in [0.5, 0.6) is 0 Å². The SMILES string of the molecule is CCCCCCCCCCCCCCCCCC(=O)OC(C)CCCCS. The van der Waals surface area contributed by atoms with Crippen LogP contribution in [0.15, 0.2) is 0 Å². The summed E-state index contributed by atoms with van der Waals surface area (Å²) in [6, 6.07) is 0. The van der Waals surface area contributed by atoms with E-state index in [1.165, 1.54) is 89.9 Å². The van der Waals surface area contributed by atoms with Crippen molar-refractivity contribution in [3.05, 3.63) is 0 Å². The van der Waals surface area contributed by atoms with Crippen molar-refractivity contribution in [3.63, 3.8) is 0 Å². The quantitative estimate of drug-likeness (QED) is 0.119. The third-order valence-electron chi connectivity index (χ3n) is 5.34. The fourth-order valence-electron chi connectivity index (χ4n) is 3.53. The summed E-state index contributed by atoms with van der Waals surface area (Å²) in [6.45, 7) is 4.28. The zero-order valence-electron chi connectivity index (χ0n) is 18.5. The molecule has 0 aliphatic heterocycles. The second-order valence-corrected chi connectivity index (χ2v) is 8.67. The standard InChI is InChI=1S/C24H48O2S/c1-3-4-5-6-7-8-9-10-11-12-13-14-15-16-17-21-24(25)26-23(2)20-18-19-22-27/h23,27H,3-22H2,1-2H3. The molecule has 0 aliphatic carbocycles. The average Bonchev–Trinajstić information content (AvgIpc) is 2.65. The Hall–Kier alpha value is -0.180. The molecule has 0 bridgehead atoms. The minimum Gasteiger partial charge on any atom is -0.463 e. The second-order valence-electron chi connectivity index (χ2n) is 8.22. The minimum atomic E-state index is -0.0110. The highest BCUT2D eigenvalue weighted by Crippen LogP contribution is 2.14. The zero-order valence-corrected chi connectivity index (χ0v) is 19.4. The van der Waals surface area contributed by atoms with E-state index in [-0.39, 0.29) is 12.1 Å². The summed E-state index contributed by atoms with van der Waals surface area (Å²) in [6.07, 6.45) is 24.1. The fourth-order valence-corrected chi connectivity index (χ4v) is 3.75. The van der Waals surface area contributed by atoms with Crippen molar-refractivity contribution in [1.82, 2.24) is 0 Å². The number of carbonyl (C=O) groups is 1. The van der Waals surface area contributed by atoms with Crippen molar-refractivity contribution in [3.8, 4) is 0 Å². The molecule has 0 spiro atoms. The summed E-state index contributed by atoms with van der Waals surface area (Å²) in [5.74, 6) is 0.905. The number of ether oxygens (including phenoxy) is 1. The van der Waals surface area contributed by atoms with E-state index < -0.39 is 0 Å². The molecule has 1 atom stereocenters. The number of esters is 1. The number of carbonyl (C=O) groups excluding carboxylic acids is 1. The molecule has 0 aromatic rings. The van der Waals surface area contributed by atoms with Crippen molar-refractivity contribution in [1.29, 1.82) is 0 Å². The second kappa shape index (κ2) is 22.1. The van der Waals surface area contributed by atoms with Crippen LogP contribution in [-0.2, 0) is 9.53 Å². The maximum absolute atomic E-state index is 11.8. The highest BCUT2D eigenvalue weighted by molar-refractivity contribution is 7.80. The van der Waals surface area contributed by atoms with E-state index in [0.29, 0.717) is 6.42 Å². The smallest absolute Gasteiger partial charge is 0.306 e. The molecule has 0 aliphatic rings. The summed E-state index contributed by atoms with van der Waals surface area (Å²) >= 11 is 4.20. The number of unbranched alkanes of at least 4 members (excludes halogenated alkanes) is 15. The molecule has 0 saturated carbocycles. The monoisotopic (exact) mass is 400 g/mol. The zero-order chi connectivity index (χ0) is 20.0. The first-order valence-corrected chi connectivity index (χ1v) is 12.6. The highest BCUT2D eigenvalue weighted by Gasteiger charge is 2.08. The van der Waals surface area contributed by atoms with Gasteiger partial charge in [-0.05, 0) is 38.4 Å². The molecule has 162 valence electrons.